The Morgan fingerprint density at radius 1 is 1.26 bits per heavy atom. The van der Waals surface area contributed by atoms with Gasteiger partial charge >= 0.3 is 0 Å². The van der Waals surface area contributed by atoms with E-state index < -0.39 is 15.3 Å². The molecule has 2 N–H and O–H groups in total. The number of morpholine rings is 1. The van der Waals surface area contributed by atoms with Gasteiger partial charge in [-0.1, -0.05) is 6.92 Å². The number of hydrogen-bond donors (Lipinski definition) is 2. The third kappa shape index (κ3) is 6.18. The van der Waals surface area contributed by atoms with Gasteiger partial charge in [-0.25, -0.2) is 13.1 Å². The molecule has 1 aliphatic rings. The molecule has 2 unspecified atom stereocenters. The summed E-state index contributed by atoms with van der Waals surface area (Å²) in [4.78, 5) is 2.23. The summed E-state index contributed by atoms with van der Waals surface area (Å²) in [6.45, 7) is 10.8. The Labute approximate surface area is 116 Å². The topological polar surface area (TPSA) is 70.7 Å². The first-order chi connectivity index (χ1) is 8.95. The lowest BCUT2D eigenvalue weighted by atomic mass is 10.3. The second-order valence-corrected chi connectivity index (χ2v) is 7.23. The van der Waals surface area contributed by atoms with Gasteiger partial charge in [0.25, 0.3) is 0 Å². The fourth-order valence-electron chi connectivity index (χ4n) is 2.06. The highest BCUT2D eigenvalue weighted by Gasteiger charge is 2.23. The number of sulfonamides is 1. The molecule has 1 heterocycles. The summed E-state index contributed by atoms with van der Waals surface area (Å²) in [5.74, 6) is 0. The maximum atomic E-state index is 12.1. The average molecular weight is 293 g/mol. The van der Waals surface area contributed by atoms with Crippen molar-refractivity contribution in [2.45, 2.75) is 32.1 Å². The Balaban J connectivity index is 2.38. The van der Waals surface area contributed by atoms with Crippen molar-refractivity contribution < 1.29 is 13.2 Å². The highest BCUT2D eigenvalue weighted by atomic mass is 32.2. The molecule has 19 heavy (non-hydrogen) atoms. The molecule has 0 aromatic carbocycles. The molecule has 1 saturated heterocycles. The first kappa shape index (κ1) is 16.8. The highest BCUT2D eigenvalue weighted by Crippen LogP contribution is 2.02. The molecule has 0 saturated carbocycles. The molecule has 0 amide bonds. The number of rotatable bonds is 8. The van der Waals surface area contributed by atoms with E-state index in [0.717, 1.165) is 39.4 Å². The van der Waals surface area contributed by atoms with E-state index in [1.807, 2.05) is 13.8 Å². The van der Waals surface area contributed by atoms with Crippen molar-refractivity contribution in [3.05, 3.63) is 0 Å². The highest BCUT2D eigenvalue weighted by molar-refractivity contribution is 7.90. The molecule has 0 spiro atoms. The minimum absolute atomic E-state index is 0.0767. The molecule has 0 aliphatic carbocycles. The van der Waals surface area contributed by atoms with Crippen LogP contribution in [0.25, 0.3) is 0 Å². The smallest absolute Gasteiger partial charge is 0.215 e. The minimum atomic E-state index is -3.25. The molecule has 0 bridgehead atoms. The molecule has 7 heteroatoms. The Kier molecular flexibility index (Phi) is 7.23. The largest absolute Gasteiger partial charge is 0.379 e. The van der Waals surface area contributed by atoms with Crippen molar-refractivity contribution in [3.63, 3.8) is 0 Å². The SMILES string of the molecule is CCNCC(C)S(=O)(=O)NC(C)CN1CCOCC1. The maximum absolute atomic E-state index is 12.1. The predicted octanol–water partition coefficient (Wildman–Crippen LogP) is -0.375. The van der Waals surface area contributed by atoms with Gasteiger partial charge in [-0.05, 0) is 20.4 Å². The van der Waals surface area contributed by atoms with Gasteiger partial charge in [-0.2, -0.15) is 0 Å². The molecule has 0 aromatic heterocycles. The van der Waals surface area contributed by atoms with Crippen LogP contribution in [0.4, 0.5) is 0 Å². The van der Waals surface area contributed by atoms with Crippen LogP contribution in [0.15, 0.2) is 0 Å². The van der Waals surface area contributed by atoms with Crippen LogP contribution >= 0.6 is 0 Å². The Bertz CT molecular complexity index is 342. The van der Waals surface area contributed by atoms with E-state index in [9.17, 15) is 8.42 Å². The quantitative estimate of drug-likeness (QED) is 0.639. The van der Waals surface area contributed by atoms with Crippen LogP contribution in [0.5, 0.6) is 0 Å². The minimum Gasteiger partial charge on any atom is -0.379 e. The summed E-state index contributed by atoms with van der Waals surface area (Å²) in [5.41, 5.74) is 0. The lowest BCUT2D eigenvalue weighted by Crippen LogP contribution is -2.48. The van der Waals surface area contributed by atoms with E-state index >= 15 is 0 Å². The van der Waals surface area contributed by atoms with Gasteiger partial charge in [0.15, 0.2) is 0 Å². The number of hydrogen-bond acceptors (Lipinski definition) is 5. The van der Waals surface area contributed by atoms with E-state index in [2.05, 4.69) is 14.9 Å². The molecule has 114 valence electrons. The van der Waals surface area contributed by atoms with Gasteiger partial charge < -0.3 is 10.1 Å². The summed E-state index contributed by atoms with van der Waals surface area (Å²) >= 11 is 0. The van der Waals surface area contributed by atoms with Gasteiger partial charge in [0.2, 0.25) is 10.0 Å². The van der Waals surface area contributed by atoms with E-state index in [1.165, 1.54) is 0 Å². The molecule has 0 aromatic rings. The molecule has 0 radical (unpaired) electrons. The lowest BCUT2D eigenvalue weighted by molar-refractivity contribution is 0.0354. The number of nitrogens with one attached hydrogen (secondary N) is 2. The summed E-state index contributed by atoms with van der Waals surface area (Å²) < 4.78 is 32.2. The van der Waals surface area contributed by atoms with Crippen molar-refractivity contribution in [1.29, 1.82) is 0 Å². The second-order valence-electron chi connectivity index (χ2n) is 5.10. The van der Waals surface area contributed by atoms with E-state index in [0.29, 0.717) is 6.54 Å². The Hall–Kier alpha value is -0.210. The Morgan fingerprint density at radius 3 is 2.47 bits per heavy atom. The monoisotopic (exact) mass is 293 g/mol. The summed E-state index contributed by atoms with van der Waals surface area (Å²) in [7, 11) is -3.25. The zero-order valence-electron chi connectivity index (χ0n) is 12.2. The summed E-state index contributed by atoms with van der Waals surface area (Å²) in [6.07, 6.45) is 0. The molecular weight excluding hydrogens is 266 g/mol. The first-order valence-electron chi connectivity index (χ1n) is 6.97. The number of nitrogens with zero attached hydrogens (tertiary/aromatic N) is 1. The van der Waals surface area contributed by atoms with Crippen LogP contribution in [0.1, 0.15) is 20.8 Å². The molecular formula is C12H27N3O3S. The van der Waals surface area contributed by atoms with Crippen LogP contribution in [0.2, 0.25) is 0 Å². The van der Waals surface area contributed by atoms with Gasteiger partial charge in [0, 0.05) is 32.2 Å². The predicted molar refractivity (Wildman–Crippen MR) is 76.8 cm³/mol. The van der Waals surface area contributed by atoms with Gasteiger partial charge in [0.05, 0.1) is 18.5 Å². The third-order valence-electron chi connectivity index (χ3n) is 3.21. The van der Waals surface area contributed by atoms with Crippen molar-refractivity contribution in [3.8, 4) is 0 Å². The van der Waals surface area contributed by atoms with Crippen LogP contribution in [0, 0.1) is 0 Å². The zero-order chi connectivity index (χ0) is 14.3. The van der Waals surface area contributed by atoms with Crippen molar-refractivity contribution >= 4 is 10.0 Å². The van der Waals surface area contributed by atoms with Gasteiger partial charge in [-0.3, -0.25) is 4.90 Å². The normalized spacial score (nSPS) is 21.2. The summed E-state index contributed by atoms with van der Waals surface area (Å²) in [6, 6.07) is -0.0767. The molecule has 2 atom stereocenters. The van der Waals surface area contributed by atoms with Crippen LogP contribution in [-0.2, 0) is 14.8 Å². The first-order valence-corrected chi connectivity index (χ1v) is 8.52. The molecule has 1 rings (SSSR count). The third-order valence-corrected chi connectivity index (χ3v) is 5.17. The Morgan fingerprint density at radius 2 is 1.89 bits per heavy atom. The van der Waals surface area contributed by atoms with Crippen LogP contribution in [-0.4, -0.2) is 70.5 Å². The molecule has 1 aliphatic heterocycles. The standard InChI is InChI=1S/C12H27N3O3S/c1-4-13-9-12(3)19(16,17)14-11(2)10-15-5-7-18-8-6-15/h11-14H,4-10H2,1-3H3. The fourth-order valence-corrected chi connectivity index (χ4v) is 3.27. The van der Waals surface area contributed by atoms with Crippen LogP contribution in [0.3, 0.4) is 0 Å². The fraction of sp³-hybridized carbons (Fsp3) is 1.00. The second kappa shape index (κ2) is 8.16. The van der Waals surface area contributed by atoms with Gasteiger partial charge in [0.1, 0.15) is 0 Å². The molecule has 6 nitrogen and oxygen atoms in total. The zero-order valence-corrected chi connectivity index (χ0v) is 13.0. The van der Waals surface area contributed by atoms with Crippen molar-refractivity contribution in [2.75, 3.05) is 45.9 Å². The number of ether oxygens (including phenoxy) is 1. The van der Waals surface area contributed by atoms with E-state index in [-0.39, 0.29) is 6.04 Å². The van der Waals surface area contributed by atoms with Crippen LogP contribution < -0.4 is 10.0 Å². The molecule has 1 fully saturated rings. The van der Waals surface area contributed by atoms with E-state index in [1.54, 1.807) is 6.92 Å². The van der Waals surface area contributed by atoms with Gasteiger partial charge in [-0.15, -0.1) is 0 Å². The summed E-state index contributed by atoms with van der Waals surface area (Å²) in [5, 5.41) is 2.65. The lowest BCUT2D eigenvalue weighted by Gasteiger charge is -2.29. The van der Waals surface area contributed by atoms with Crippen molar-refractivity contribution in [2.24, 2.45) is 0 Å². The van der Waals surface area contributed by atoms with E-state index in [4.69, 9.17) is 4.74 Å². The maximum Gasteiger partial charge on any atom is 0.215 e. The average Bonchev–Trinajstić information content (AvgIpc) is 2.36. The van der Waals surface area contributed by atoms with Crippen molar-refractivity contribution in [1.82, 2.24) is 14.9 Å².